The second-order valence-electron chi connectivity index (χ2n) is 7.10. The number of halogens is 2. The molecule has 6 heteroatoms. The van der Waals surface area contributed by atoms with E-state index in [9.17, 15) is 18.4 Å². The molecule has 3 aromatic rings. The molecule has 154 valence electrons. The van der Waals surface area contributed by atoms with Gasteiger partial charge in [0, 0.05) is 24.6 Å². The van der Waals surface area contributed by atoms with Gasteiger partial charge in [0.05, 0.1) is 0 Å². The molecule has 2 N–H and O–H groups in total. The van der Waals surface area contributed by atoms with Crippen molar-refractivity contribution in [3.63, 3.8) is 0 Å². The fraction of sp³-hybridized carbons (Fsp3) is 0.167. The van der Waals surface area contributed by atoms with Crippen molar-refractivity contribution < 1.29 is 18.4 Å². The molecule has 2 amide bonds. The summed E-state index contributed by atoms with van der Waals surface area (Å²) >= 11 is 0. The number of benzene rings is 3. The molecule has 4 nitrogen and oxygen atoms in total. The van der Waals surface area contributed by atoms with Gasteiger partial charge >= 0.3 is 0 Å². The summed E-state index contributed by atoms with van der Waals surface area (Å²) in [5.74, 6) is -4.15. The first-order valence-electron chi connectivity index (χ1n) is 9.45. The Balaban J connectivity index is 2.06. The van der Waals surface area contributed by atoms with E-state index < -0.39 is 23.8 Å². The summed E-state index contributed by atoms with van der Waals surface area (Å²) in [6.07, 6.45) is 0. The number of carbonyl (C=O) groups excluding carboxylic acids is 2. The van der Waals surface area contributed by atoms with E-state index in [1.165, 1.54) is 23.1 Å². The molecule has 0 aliphatic rings. The Morgan fingerprint density at radius 1 is 0.933 bits per heavy atom. The monoisotopic (exact) mass is 408 g/mol. The standard InChI is InChI=1S/C24H22F2N2O2/c1-24(25,26)20-14-8-9-17(15-20)16-28(23(30)19-12-6-3-7-13-19)21(22(27)29)18-10-4-2-5-11-18/h2-15,21H,16H2,1H3,(H2,27,29)/t21-/m1/s1. The van der Waals surface area contributed by atoms with Crippen molar-refractivity contribution in [2.75, 3.05) is 0 Å². The van der Waals surface area contributed by atoms with Crippen LogP contribution in [0.3, 0.4) is 0 Å². The van der Waals surface area contributed by atoms with Crippen LogP contribution in [-0.2, 0) is 17.3 Å². The Labute approximate surface area is 173 Å². The molecular formula is C24H22F2N2O2. The number of rotatable bonds is 7. The topological polar surface area (TPSA) is 63.4 Å². The summed E-state index contributed by atoms with van der Waals surface area (Å²) in [6, 6.07) is 21.9. The van der Waals surface area contributed by atoms with Gasteiger partial charge in [0.2, 0.25) is 5.91 Å². The van der Waals surface area contributed by atoms with E-state index in [0.29, 0.717) is 16.7 Å². The van der Waals surface area contributed by atoms with Crippen molar-refractivity contribution in [1.82, 2.24) is 4.90 Å². The third-order valence-corrected chi connectivity index (χ3v) is 4.76. The van der Waals surface area contributed by atoms with Crippen LogP contribution in [0.1, 0.15) is 40.0 Å². The van der Waals surface area contributed by atoms with Crippen LogP contribution in [0.25, 0.3) is 0 Å². The van der Waals surface area contributed by atoms with Gasteiger partial charge in [-0.15, -0.1) is 0 Å². The average molecular weight is 408 g/mol. The highest BCUT2D eigenvalue weighted by atomic mass is 19.3. The predicted octanol–water partition coefficient (Wildman–Crippen LogP) is 4.67. The number of nitrogens with zero attached hydrogens (tertiary/aromatic N) is 1. The SMILES string of the molecule is CC(F)(F)c1cccc(CN(C(=O)c2ccccc2)[C@@H](C(N)=O)c2ccccc2)c1. The normalized spacial score (nSPS) is 12.2. The zero-order chi connectivity index (χ0) is 21.7. The highest BCUT2D eigenvalue weighted by Crippen LogP contribution is 2.29. The Bertz CT molecular complexity index is 1020. The summed E-state index contributed by atoms with van der Waals surface area (Å²) < 4.78 is 27.6. The summed E-state index contributed by atoms with van der Waals surface area (Å²) in [5, 5.41) is 0. The van der Waals surface area contributed by atoms with Crippen molar-refractivity contribution in [3.05, 3.63) is 107 Å². The first kappa shape index (κ1) is 21.2. The van der Waals surface area contributed by atoms with Crippen molar-refractivity contribution >= 4 is 11.8 Å². The smallest absolute Gasteiger partial charge is 0.270 e. The number of alkyl halides is 2. The number of primary amides is 1. The van der Waals surface area contributed by atoms with Crippen LogP contribution in [0.15, 0.2) is 84.9 Å². The van der Waals surface area contributed by atoms with Crippen LogP contribution in [0.5, 0.6) is 0 Å². The second kappa shape index (κ2) is 8.86. The van der Waals surface area contributed by atoms with E-state index in [4.69, 9.17) is 5.73 Å². The fourth-order valence-corrected chi connectivity index (χ4v) is 3.30. The van der Waals surface area contributed by atoms with E-state index in [2.05, 4.69) is 0 Å². The molecule has 0 heterocycles. The van der Waals surface area contributed by atoms with Crippen LogP contribution >= 0.6 is 0 Å². The highest BCUT2D eigenvalue weighted by Gasteiger charge is 2.31. The quantitative estimate of drug-likeness (QED) is 0.618. The molecule has 0 saturated heterocycles. The lowest BCUT2D eigenvalue weighted by Gasteiger charge is -2.30. The summed E-state index contributed by atoms with van der Waals surface area (Å²) in [4.78, 5) is 27.0. The fourth-order valence-electron chi connectivity index (χ4n) is 3.30. The third kappa shape index (κ3) is 4.89. The van der Waals surface area contributed by atoms with Crippen molar-refractivity contribution in [2.24, 2.45) is 5.73 Å². The van der Waals surface area contributed by atoms with Crippen LogP contribution < -0.4 is 5.73 Å². The molecule has 0 spiro atoms. The molecule has 0 unspecified atom stereocenters. The van der Waals surface area contributed by atoms with Gasteiger partial charge in [-0.1, -0.05) is 66.7 Å². The van der Waals surface area contributed by atoms with Crippen LogP contribution in [-0.4, -0.2) is 16.7 Å². The Hall–Kier alpha value is -3.54. The second-order valence-corrected chi connectivity index (χ2v) is 7.10. The molecule has 30 heavy (non-hydrogen) atoms. The number of hydrogen-bond donors (Lipinski definition) is 1. The van der Waals surface area contributed by atoms with Gasteiger partial charge in [0.1, 0.15) is 6.04 Å². The molecule has 0 aliphatic heterocycles. The zero-order valence-electron chi connectivity index (χ0n) is 16.5. The molecule has 0 aliphatic carbocycles. The van der Waals surface area contributed by atoms with Gasteiger partial charge in [-0.05, 0) is 29.3 Å². The van der Waals surface area contributed by atoms with E-state index in [0.717, 1.165) is 6.92 Å². The van der Waals surface area contributed by atoms with Gasteiger partial charge in [0.15, 0.2) is 0 Å². The summed E-state index contributed by atoms with van der Waals surface area (Å²) in [5.41, 5.74) is 6.91. The van der Waals surface area contributed by atoms with Gasteiger partial charge < -0.3 is 10.6 Å². The van der Waals surface area contributed by atoms with Gasteiger partial charge in [-0.3, -0.25) is 9.59 Å². The van der Waals surface area contributed by atoms with Crippen molar-refractivity contribution in [1.29, 1.82) is 0 Å². The van der Waals surface area contributed by atoms with Gasteiger partial charge in [-0.2, -0.15) is 0 Å². The minimum atomic E-state index is -3.02. The van der Waals surface area contributed by atoms with Crippen LogP contribution in [0.2, 0.25) is 0 Å². The number of carbonyl (C=O) groups is 2. The van der Waals surface area contributed by atoms with E-state index in [1.54, 1.807) is 66.7 Å². The molecule has 0 saturated carbocycles. The Morgan fingerprint density at radius 2 is 1.53 bits per heavy atom. The van der Waals surface area contributed by atoms with Gasteiger partial charge in [-0.25, -0.2) is 8.78 Å². The molecular weight excluding hydrogens is 386 g/mol. The first-order valence-corrected chi connectivity index (χ1v) is 9.45. The molecule has 3 rings (SSSR count). The lowest BCUT2D eigenvalue weighted by Crippen LogP contribution is -2.41. The minimum Gasteiger partial charge on any atom is -0.368 e. The maximum Gasteiger partial charge on any atom is 0.270 e. The van der Waals surface area contributed by atoms with E-state index in [1.807, 2.05) is 0 Å². The largest absolute Gasteiger partial charge is 0.368 e. The Kier molecular flexibility index (Phi) is 6.26. The predicted molar refractivity (Wildman–Crippen MR) is 111 cm³/mol. The number of hydrogen-bond acceptors (Lipinski definition) is 2. The van der Waals surface area contributed by atoms with Crippen LogP contribution in [0.4, 0.5) is 8.78 Å². The zero-order valence-corrected chi connectivity index (χ0v) is 16.5. The van der Waals surface area contributed by atoms with Crippen molar-refractivity contribution in [2.45, 2.75) is 25.4 Å². The maximum atomic E-state index is 13.8. The maximum absolute atomic E-state index is 13.8. The summed E-state index contributed by atoms with van der Waals surface area (Å²) in [6.45, 7) is 0.759. The summed E-state index contributed by atoms with van der Waals surface area (Å²) in [7, 11) is 0. The molecule has 0 bridgehead atoms. The first-order chi connectivity index (χ1) is 14.3. The highest BCUT2D eigenvalue weighted by molar-refractivity contribution is 5.97. The van der Waals surface area contributed by atoms with E-state index in [-0.39, 0.29) is 12.1 Å². The molecule has 1 atom stereocenters. The van der Waals surface area contributed by atoms with Crippen molar-refractivity contribution in [3.8, 4) is 0 Å². The molecule has 3 aromatic carbocycles. The van der Waals surface area contributed by atoms with E-state index >= 15 is 0 Å². The number of amides is 2. The molecule has 0 fully saturated rings. The van der Waals surface area contributed by atoms with Crippen LogP contribution in [0, 0.1) is 0 Å². The molecule has 0 radical (unpaired) electrons. The average Bonchev–Trinajstić information content (AvgIpc) is 2.73. The van der Waals surface area contributed by atoms with Gasteiger partial charge in [0.25, 0.3) is 11.8 Å². The lowest BCUT2D eigenvalue weighted by atomic mass is 10.0. The molecule has 0 aromatic heterocycles. The lowest BCUT2D eigenvalue weighted by molar-refractivity contribution is -0.122. The number of nitrogens with two attached hydrogens (primary N) is 1. The Morgan fingerprint density at radius 3 is 2.10 bits per heavy atom. The third-order valence-electron chi connectivity index (χ3n) is 4.76. The minimum absolute atomic E-state index is 0.0554.